The third-order valence-electron chi connectivity index (χ3n) is 2.99. The van der Waals surface area contributed by atoms with E-state index in [2.05, 4.69) is 0 Å². The molecule has 0 unspecified atom stereocenters. The predicted molar refractivity (Wildman–Crippen MR) is 62.5 cm³/mol. The molecular formula is C12H16O2S. The van der Waals surface area contributed by atoms with Crippen molar-refractivity contribution in [1.82, 2.24) is 0 Å². The van der Waals surface area contributed by atoms with E-state index in [1.165, 1.54) is 0 Å². The normalized spacial score (nSPS) is 17.8. The number of benzene rings is 1. The average molecular weight is 224 g/mol. The lowest BCUT2D eigenvalue weighted by atomic mass is 10.0. The van der Waals surface area contributed by atoms with Crippen molar-refractivity contribution in [1.29, 1.82) is 0 Å². The van der Waals surface area contributed by atoms with E-state index < -0.39 is 5.60 Å². The minimum absolute atomic E-state index is 0.349. The van der Waals surface area contributed by atoms with Crippen LogP contribution in [-0.4, -0.2) is 22.1 Å². The molecule has 1 fully saturated rings. The number of rotatable bonds is 3. The number of phenolic OH excluding ortho intramolecular Hbond substituents is 1. The molecule has 0 atom stereocenters. The molecule has 1 saturated carbocycles. The average Bonchev–Trinajstić information content (AvgIpc) is 2.92. The van der Waals surface area contributed by atoms with E-state index >= 15 is 0 Å². The topological polar surface area (TPSA) is 40.5 Å². The maximum atomic E-state index is 9.98. The third kappa shape index (κ3) is 2.13. The molecule has 0 heterocycles. The Kier molecular flexibility index (Phi) is 2.69. The maximum Gasteiger partial charge on any atom is 0.122 e. The molecule has 1 aliphatic carbocycles. The fourth-order valence-electron chi connectivity index (χ4n) is 1.75. The van der Waals surface area contributed by atoms with Gasteiger partial charge in [0, 0.05) is 16.9 Å². The van der Waals surface area contributed by atoms with Crippen molar-refractivity contribution < 1.29 is 10.2 Å². The van der Waals surface area contributed by atoms with Crippen LogP contribution in [0.4, 0.5) is 0 Å². The van der Waals surface area contributed by atoms with Crippen molar-refractivity contribution in [3.63, 3.8) is 0 Å². The highest BCUT2D eigenvalue weighted by Crippen LogP contribution is 2.42. The predicted octanol–water partition coefficient (Wildman–Crippen LogP) is 2.49. The van der Waals surface area contributed by atoms with Gasteiger partial charge in [0.2, 0.25) is 0 Å². The number of aliphatic hydroxyl groups is 1. The van der Waals surface area contributed by atoms with Gasteiger partial charge in [0.1, 0.15) is 5.75 Å². The molecule has 3 heteroatoms. The second-order valence-corrected chi connectivity index (χ2v) is 5.16. The first-order valence-corrected chi connectivity index (χ1v) is 6.36. The van der Waals surface area contributed by atoms with E-state index in [1.807, 2.05) is 25.3 Å². The Balaban J connectivity index is 2.37. The first-order chi connectivity index (χ1) is 7.06. The van der Waals surface area contributed by atoms with Crippen LogP contribution in [0.15, 0.2) is 17.0 Å². The van der Waals surface area contributed by atoms with Gasteiger partial charge in [-0.15, -0.1) is 11.8 Å². The highest BCUT2D eigenvalue weighted by molar-refractivity contribution is 7.98. The molecule has 15 heavy (non-hydrogen) atoms. The molecular weight excluding hydrogens is 208 g/mol. The van der Waals surface area contributed by atoms with Crippen molar-refractivity contribution in [3.8, 4) is 5.75 Å². The molecule has 1 aromatic carbocycles. The maximum absolute atomic E-state index is 9.98. The number of aromatic hydroxyl groups is 1. The molecule has 0 radical (unpaired) electrons. The second kappa shape index (κ2) is 3.72. The summed E-state index contributed by atoms with van der Waals surface area (Å²) >= 11 is 1.62. The van der Waals surface area contributed by atoms with Gasteiger partial charge in [0.05, 0.1) is 5.60 Å². The third-order valence-corrected chi connectivity index (χ3v) is 3.82. The molecule has 2 rings (SSSR count). The summed E-state index contributed by atoms with van der Waals surface area (Å²) in [6.07, 6.45) is 4.28. The first kappa shape index (κ1) is 10.8. The van der Waals surface area contributed by atoms with E-state index in [-0.39, 0.29) is 0 Å². The smallest absolute Gasteiger partial charge is 0.122 e. The van der Waals surface area contributed by atoms with Crippen LogP contribution in [0.5, 0.6) is 5.75 Å². The van der Waals surface area contributed by atoms with Gasteiger partial charge in [0.25, 0.3) is 0 Å². The Morgan fingerprint density at radius 2 is 2.07 bits per heavy atom. The lowest BCUT2D eigenvalue weighted by molar-refractivity contribution is 0.149. The van der Waals surface area contributed by atoms with E-state index in [9.17, 15) is 10.2 Å². The van der Waals surface area contributed by atoms with Crippen LogP contribution in [0, 0.1) is 6.92 Å². The number of hydrogen-bond donors (Lipinski definition) is 2. The Hall–Kier alpha value is -0.670. The summed E-state index contributed by atoms with van der Waals surface area (Å²) < 4.78 is 0. The van der Waals surface area contributed by atoms with E-state index in [0.29, 0.717) is 12.2 Å². The summed E-state index contributed by atoms with van der Waals surface area (Å²) in [6, 6.07) is 3.93. The Labute approximate surface area is 94.3 Å². The van der Waals surface area contributed by atoms with E-state index in [1.54, 1.807) is 11.8 Å². The van der Waals surface area contributed by atoms with E-state index in [4.69, 9.17) is 0 Å². The summed E-state index contributed by atoms with van der Waals surface area (Å²) in [5, 5.41) is 19.9. The fraction of sp³-hybridized carbons (Fsp3) is 0.500. The number of thioether (sulfide) groups is 1. The Bertz CT molecular complexity index is 383. The molecule has 1 aliphatic rings. The molecule has 82 valence electrons. The lowest BCUT2D eigenvalue weighted by Crippen LogP contribution is -2.11. The van der Waals surface area contributed by atoms with Gasteiger partial charge >= 0.3 is 0 Å². The molecule has 0 aromatic heterocycles. The zero-order chi connectivity index (χ0) is 11.1. The van der Waals surface area contributed by atoms with Gasteiger partial charge in [-0.2, -0.15) is 0 Å². The molecule has 2 N–H and O–H groups in total. The van der Waals surface area contributed by atoms with Gasteiger partial charge < -0.3 is 10.2 Å². The van der Waals surface area contributed by atoms with Gasteiger partial charge in [0.15, 0.2) is 0 Å². The molecule has 0 aliphatic heterocycles. The molecule has 2 nitrogen and oxygen atoms in total. The summed E-state index contributed by atoms with van der Waals surface area (Å²) in [5.74, 6) is 0.349. The lowest BCUT2D eigenvalue weighted by Gasteiger charge is -2.14. The number of aryl methyl sites for hydroxylation is 1. The summed E-state index contributed by atoms with van der Waals surface area (Å²) in [4.78, 5) is 1.07. The quantitative estimate of drug-likeness (QED) is 0.775. The van der Waals surface area contributed by atoms with Gasteiger partial charge in [-0.1, -0.05) is 6.07 Å². The van der Waals surface area contributed by atoms with E-state index in [0.717, 1.165) is 28.9 Å². The minimum atomic E-state index is -0.546. The van der Waals surface area contributed by atoms with Crippen LogP contribution < -0.4 is 0 Å². The monoisotopic (exact) mass is 224 g/mol. The first-order valence-electron chi connectivity index (χ1n) is 5.13. The van der Waals surface area contributed by atoms with Crippen LogP contribution in [0.25, 0.3) is 0 Å². The molecule has 0 spiro atoms. The number of hydrogen-bond acceptors (Lipinski definition) is 3. The van der Waals surface area contributed by atoms with Crippen LogP contribution in [0.3, 0.4) is 0 Å². The zero-order valence-corrected chi connectivity index (χ0v) is 9.90. The van der Waals surface area contributed by atoms with Crippen molar-refractivity contribution >= 4 is 11.8 Å². The molecule has 0 amide bonds. The van der Waals surface area contributed by atoms with Crippen molar-refractivity contribution in [3.05, 3.63) is 23.3 Å². The molecule has 1 aromatic rings. The number of phenols is 1. The molecule has 0 saturated heterocycles. The van der Waals surface area contributed by atoms with Crippen LogP contribution in [0.2, 0.25) is 0 Å². The SMILES string of the molecule is CSc1ccc(C)c(O)c1CC1(O)CC1. The van der Waals surface area contributed by atoms with Crippen molar-refractivity contribution in [2.24, 2.45) is 0 Å². The second-order valence-electron chi connectivity index (χ2n) is 4.31. The standard InChI is InChI=1S/C12H16O2S/c1-8-3-4-10(15-2)9(11(8)13)7-12(14)5-6-12/h3-4,13-14H,5-7H2,1-2H3. The minimum Gasteiger partial charge on any atom is -0.507 e. The highest BCUT2D eigenvalue weighted by Gasteiger charge is 2.41. The zero-order valence-electron chi connectivity index (χ0n) is 9.08. The summed E-state index contributed by atoms with van der Waals surface area (Å²) in [6.45, 7) is 1.89. The van der Waals surface area contributed by atoms with Crippen LogP contribution in [0.1, 0.15) is 24.0 Å². The van der Waals surface area contributed by atoms with Crippen molar-refractivity contribution in [2.75, 3.05) is 6.26 Å². The van der Waals surface area contributed by atoms with Crippen LogP contribution in [-0.2, 0) is 6.42 Å². The Morgan fingerprint density at radius 1 is 1.40 bits per heavy atom. The molecule has 0 bridgehead atoms. The highest BCUT2D eigenvalue weighted by atomic mass is 32.2. The van der Waals surface area contributed by atoms with Gasteiger partial charge in [-0.3, -0.25) is 0 Å². The summed E-state index contributed by atoms with van der Waals surface area (Å²) in [7, 11) is 0. The largest absolute Gasteiger partial charge is 0.507 e. The van der Waals surface area contributed by atoms with Crippen molar-refractivity contribution in [2.45, 2.75) is 36.7 Å². The van der Waals surface area contributed by atoms with Gasteiger partial charge in [-0.05, 0) is 37.7 Å². The van der Waals surface area contributed by atoms with Gasteiger partial charge in [-0.25, -0.2) is 0 Å². The Morgan fingerprint density at radius 3 is 2.60 bits per heavy atom. The van der Waals surface area contributed by atoms with Crippen LogP contribution >= 0.6 is 11.8 Å². The summed E-state index contributed by atoms with van der Waals surface area (Å²) in [5.41, 5.74) is 1.24. The fourth-order valence-corrected chi connectivity index (χ4v) is 2.37.